The van der Waals surface area contributed by atoms with Crippen molar-refractivity contribution in [3.05, 3.63) is 55.2 Å². The van der Waals surface area contributed by atoms with Gasteiger partial charge in [0.2, 0.25) is 0 Å². The van der Waals surface area contributed by atoms with E-state index in [0.717, 1.165) is 9.75 Å². The van der Waals surface area contributed by atoms with Gasteiger partial charge >= 0.3 is 5.97 Å². The standard InChI is InChI=1S/C13H11ClN2O4S/c14-11-5-8(16(19)20)1-4-12(11)15-7-10-3-2-9(21-10)6-13(17)18/h1-5,15H,6-7H2,(H,17,18). The largest absolute Gasteiger partial charge is 0.481 e. The quantitative estimate of drug-likeness (QED) is 0.625. The second-order valence-electron chi connectivity index (χ2n) is 4.21. The number of rotatable bonds is 6. The van der Waals surface area contributed by atoms with Gasteiger partial charge in [0.15, 0.2) is 0 Å². The molecule has 2 N–H and O–H groups in total. The van der Waals surface area contributed by atoms with Gasteiger partial charge in [-0.2, -0.15) is 0 Å². The molecule has 0 unspecified atom stereocenters. The predicted octanol–water partition coefficient (Wildman–Crippen LogP) is 3.55. The lowest BCUT2D eigenvalue weighted by atomic mass is 10.3. The van der Waals surface area contributed by atoms with Crippen LogP contribution in [0, 0.1) is 10.1 Å². The zero-order chi connectivity index (χ0) is 15.4. The fourth-order valence-electron chi connectivity index (χ4n) is 1.70. The van der Waals surface area contributed by atoms with Crippen LogP contribution in [0.15, 0.2) is 30.3 Å². The minimum absolute atomic E-state index is 0.00293. The summed E-state index contributed by atoms with van der Waals surface area (Å²) < 4.78 is 0. The molecule has 6 nitrogen and oxygen atoms in total. The van der Waals surface area contributed by atoms with Crippen LogP contribution >= 0.6 is 22.9 Å². The minimum Gasteiger partial charge on any atom is -0.481 e. The van der Waals surface area contributed by atoms with Crippen molar-refractivity contribution in [1.82, 2.24) is 0 Å². The van der Waals surface area contributed by atoms with Gasteiger partial charge in [-0.05, 0) is 18.2 Å². The van der Waals surface area contributed by atoms with Crippen molar-refractivity contribution < 1.29 is 14.8 Å². The smallest absolute Gasteiger partial charge is 0.308 e. The van der Waals surface area contributed by atoms with Gasteiger partial charge in [0.25, 0.3) is 5.69 Å². The van der Waals surface area contributed by atoms with Crippen LogP contribution in [0.25, 0.3) is 0 Å². The number of carboxylic acids is 1. The summed E-state index contributed by atoms with van der Waals surface area (Å²) in [5, 5.41) is 22.7. The van der Waals surface area contributed by atoms with E-state index in [9.17, 15) is 14.9 Å². The lowest BCUT2D eigenvalue weighted by Crippen LogP contribution is -1.99. The minimum atomic E-state index is -0.866. The second-order valence-corrected chi connectivity index (χ2v) is 5.87. The number of carbonyl (C=O) groups is 1. The molecule has 0 spiro atoms. The molecule has 0 amide bonds. The predicted molar refractivity (Wildman–Crippen MR) is 81.1 cm³/mol. The zero-order valence-electron chi connectivity index (χ0n) is 10.7. The van der Waals surface area contributed by atoms with Gasteiger partial charge < -0.3 is 10.4 Å². The van der Waals surface area contributed by atoms with E-state index in [0.29, 0.717) is 12.2 Å². The van der Waals surface area contributed by atoms with Gasteiger partial charge in [-0.3, -0.25) is 14.9 Å². The molecule has 0 fully saturated rings. The van der Waals surface area contributed by atoms with Gasteiger partial charge in [-0.25, -0.2) is 0 Å². The molecule has 1 aromatic carbocycles. The number of thiophene rings is 1. The van der Waals surface area contributed by atoms with Crippen LogP contribution < -0.4 is 5.32 Å². The molecule has 110 valence electrons. The number of aliphatic carboxylic acids is 1. The number of nitrogens with one attached hydrogen (secondary N) is 1. The third-order valence-electron chi connectivity index (χ3n) is 2.66. The maximum absolute atomic E-state index is 10.6. The highest BCUT2D eigenvalue weighted by Gasteiger charge is 2.10. The third-order valence-corrected chi connectivity index (χ3v) is 4.06. The van der Waals surface area contributed by atoms with E-state index < -0.39 is 10.9 Å². The highest BCUT2D eigenvalue weighted by molar-refractivity contribution is 7.12. The molecule has 1 aromatic heterocycles. The third kappa shape index (κ3) is 4.17. The van der Waals surface area contributed by atoms with Crippen LogP contribution in [-0.2, 0) is 17.8 Å². The summed E-state index contributed by atoms with van der Waals surface area (Å²) in [6.07, 6.45) is 0.00293. The van der Waals surface area contributed by atoms with Crippen LogP contribution in [0.2, 0.25) is 5.02 Å². The Labute approximate surface area is 129 Å². The fraction of sp³-hybridized carbons (Fsp3) is 0.154. The van der Waals surface area contributed by atoms with E-state index >= 15 is 0 Å². The number of hydrogen-bond acceptors (Lipinski definition) is 5. The first-order chi connectivity index (χ1) is 9.95. The molecule has 0 radical (unpaired) electrons. The summed E-state index contributed by atoms with van der Waals surface area (Å²) >= 11 is 7.37. The van der Waals surface area contributed by atoms with Crippen LogP contribution in [0.4, 0.5) is 11.4 Å². The van der Waals surface area contributed by atoms with Crippen molar-refractivity contribution in [3.8, 4) is 0 Å². The van der Waals surface area contributed by atoms with Gasteiger partial charge in [0, 0.05) is 28.4 Å². The van der Waals surface area contributed by atoms with Crippen LogP contribution in [0.5, 0.6) is 0 Å². The Bertz CT molecular complexity index is 687. The van der Waals surface area contributed by atoms with Gasteiger partial charge in [0.1, 0.15) is 0 Å². The number of hydrogen-bond donors (Lipinski definition) is 2. The molecular weight excluding hydrogens is 316 g/mol. The first kappa shape index (κ1) is 15.3. The maximum Gasteiger partial charge on any atom is 0.308 e. The first-order valence-corrected chi connectivity index (χ1v) is 7.12. The number of nitro groups is 1. The molecule has 8 heteroatoms. The highest BCUT2D eigenvalue weighted by Crippen LogP contribution is 2.27. The summed E-state index contributed by atoms with van der Waals surface area (Å²) in [5.41, 5.74) is 0.529. The van der Waals surface area contributed by atoms with Crippen molar-refractivity contribution in [1.29, 1.82) is 0 Å². The van der Waals surface area contributed by atoms with E-state index in [1.165, 1.54) is 23.5 Å². The second kappa shape index (κ2) is 6.55. The Kier molecular flexibility index (Phi) is 4.77. The topological polar surface area (TPSA) is 92.5 Å². The van der Waals surface area contributed by atoms with Gasteiger partial charge in [0.05, 0.1) is 22.1 Å². The molecule has 0 aliphatic rings. The van der Waals surface area contributed by atoms with Crippen LogP contribution in [0.1, 0.15) is 9.75 Å². The van der Waals surface area contributed by atoms with Crippen molar-refractivity contribution in [2.24, 2.45) is 0 Å². The van der Waals surface area contributed by atoms with E-state index in [1.54, 1.807) is 12.1 Å². The van der Waals surface area contributed by atoms with Crippen molar-refractivity contribution in [2.45, 2.75) is 13.0 Å². The monoisotopic (exact) mass is 326 g/mol. The Morgan fingerprint density at radius 2 is 2.05 bits per heavy atom. The molecule has 0 saturated heterocycles. The molecule has 0 aliphatic carbocycles. The molecule has 1 heterocycles. The first-order valence-electron chi connectivity index (χ1n) is 5.93. The Hall–Kier alpha value is -2.12. The Morgan fingerprint density at radius 1 is 1.33 bits per heavy atom. The summed E-state index contributed by atoms with van der Waals surface area (Å²) in [6.45, 7) is 0.474. The fourth-order valence-corrected chi connectivity index (χ4v) is 2.90. The van der Waals surface area contributed by atoms with Crippen molar-refractivity contribution in [2.75, 3.05) is 5.32 Å². The number of nitro benzene ring substituents is 1. The summed E-state index contributed by atoms with van der Waals surface area (Å²) in [5.74, 6) is -0.866. The Balaban J connectivity index is 2.01. The number of anilines is 1. The summed E-state index contributed by atoms with van der Waals surface area (Å²) in [7, 11) is 0. The molecule has 0 saturated carbocycles. The summed E-state index contributed by atoms with van der Waals surface area (Å²) in [4.78, 5) is 22.4. The molecular formula is C13H11ClN2O4S. The number of non-ortho nitro benzene ring substituents is 1. The molecule has 2 aromatic rings. The molecule has 0 aliphatic heterocycles. The van der Waals surface area contributed by atoms with E-state index in [2.05, 4.69) is 5.32 Å². The molecule has 0 bridgehead atoms. The van der Waals surface area contributed by atoms with Gasteiger partial charge in [-0.1, -0.05) is 11.6 Å². The molecule has 2 rings (SSSR count). The zero-order valence-corrected chi connectivity index (χ0v) is 12.3. The number of benzene rings is 1. The Morgan fingerprint density at radius 3 is 2.67 bits per heavy atom. The van der Waals surface area contributed by atoms with Crippen molar-refractivity contribution >= 4 is 40.3 Å². The average molecular weight is 327 g/mol. The molecule has 0 atom stereocenters. The maximum atomic E-state index is 10.6. The highest BCUT2D eigenvalue weighted by atomic mass is 35.5. The lowest BCUT2D eigenvalue weighted by molar-refractivity contribution is -0.384. The number of halogens is 1. The van der Waals surface area contributed by atoms with Crippen LogP contribution in [-0.4, -0.2) is 16.0 Å². The summed E-state index contributed by atoms with van der Waals surface area (Å²) in [6, 6.07) is 7.82. The van der Waals surface area contributed by atoms with E-state index in [1.807, 2.05) is 6.07 Å². The number of carboxylic acid groups (broad SMARTS) is 1. The van der Waals surface area contributed by atoms with E-state index in [4.69, 9.17) is 16.7 Å². The van der Waals surface area contributed by atoms with E-state index in [-0.39, 0.29) is 17.1 Å². The van der Waals surface area contributed by atoms with Crippen LogP contribution in [0.3, 0.4) is 0 Å². The number of nitrogens with zero attached hydrogens (tertiary/aromatic N) is 1. The van der Waals surface area contributed by atoms with Crippen molar-refractivity contribution in [3.63, 3.8) is 0 Å². The molecule has 21 heavy (non-hydrogen) atoms. The average Bonchev–Trinajstić information content (AvgIpc) is 2.83. The van der Waals surface area contributed by atoms with Gasteiger partial charge in [-0.15, -0.1) is 11.3 Å². The SMILES string of the molecule is O=C(O)Cc1ccc(CNc2ccc([N+](=O)[O-])cc2Cl)s1. The normalized spacial score (nSPS) is 10.3. The lowest BCUT2D eigenvalue weighted by Gasteiger charge is -2.06.